The number of likely N-dealkylation sites (N-methyl/N-ethyl adjacent to an activating group) is 2. The van der Waals surface area contributed by atoms with E-state index in [0.29, 0.717) is 0 Å². The van der Waals surface area contributed by atoms with Crippen LogP contribution < -0.4 is 15.5 Å². The highest BCUT2D eigenvalue weighted by Gasteiger charge is 2.29. The van der Waals surface area contributed by atoms with Gasteiger partial charge < -0.3 is 20.4 Å². The van der Waals surface area contributed by atoms with Crippen molar-refractivity contribution in [2.45, 2.75) is 6.04 Å². The predicted octanol–water partition coefficient (Wildman–Crippen LogP) is 0.204. The topological polar surface area (TPSA) is 81.8 Å². The normalized spacial score (nSPS) is 16.7. The molecule has 7 heteroatoms. The highest BCUT2D eigenvalue weighted by Crippen LogP contribution is 2.27. The molecule has 2 N–H and O–H groups in total. The second-order valence-corrected chi connectivity index (χ2v) is 5.31. The van der Waals surface area contributed by atoms with Crippen molar-refractivity contribution >= 4 is 29.1 Å². The molecule has 7 nitrogen and oxygen atoms in total. The largest absolute Gasteiger partial charge is 0.381 e. The fraction of sp³-hybridized carbons (Fsp3) is 0.312. The molecule has 0 fully saturated rings. The van der Waals surface area contributed by atoms with Gasteiger partial charge in [-0.05, 0) is 18.2 Å². The minimum atomic E-state index is -0.702. The van der Waals surface area contributed by atoms with Crippen molar-refractivity contribution in [1.29, 1.82) is 0 Å². The number of carbonyl (C=O) groups excluding carboxylic acids is 3. The summed E-state index contributed by atoms with van der Waals surface area (Å²) in [6.45, 7) is 3.52. The number of hydrogen-bond donors (Lipinski definition) is 2. The molecule has 1 heterocycles. The van der Waals surface area contributed by atoms with Crippen molar-refractivity contribution in [3.05, 3.63) is 36.9 Å². The van der Waals surface area contributed by atoms with E-state index in [4.69, 9.17) is 0 Å². The Labute approximate surface area is 134 Å². The third kappa shape index (κ3) is 3.68. The monoisotopic (exact) mass is 316 g/mol. The molecular formula is C16H20N4O3. The van der Waals surface area contributed by atoms with Gasteiger partial charge in [0.15, 0.2) is 0 Å². The maximum absolute atomic E-state index is 12.5. The van der Waals surface area contributed by atoms with Gasteiger partial charge in [-0.25, -0.2) is 0 Å². The molecule has 0 aromatic heterocycles. The molecule has 0 bridgehead atoms. The van der Waals surface area contributed by atoms with Gasteiger partial charge in [-0.15, -0.1) is 0 Å². The molecule has 1 aromatic carbocycles. The van der Waals surface area contributed by atoms with Crippen LogP contribution in [0.2, 0.25) is 0 Å². The summed E-state index contributed by atoms with van der Waals surface area (Å²) in [4.78, 5) is 38.7. The Morgan fingerprint density at radius 2 is 2.17 bits per heavy atom. The van der Waals surface area contributed by atoms with E-state index >= 15 is 0 Å². The average Bonchev–Trinajstić information content (AvgIpc) is 2.66. The molecule has 0 radical (unpaired) electrons. The van der Waals surface area contributed by atoms with Gasteiger partial charge in [0.2, 0.25) is 11.8 Å². The number of rotatable bonds is 4. The molecule has 1 aromatic rings. The number of anilines is 2. The number of carbonyl (C=O) groups is 3. The molecule has 0 saturated carbocycles. The molecule has 1 aliphatic heterocycles. The zero-order valence-electron chi connectivity index (χ0n) is 13.2. The molecule has 3 amide bonds. The van der Waals surface area contributed by atoms with E-state index in [9.17, 15) is 14.4 Å². The quantitative estimate of drug-likeness (QED) is 0.778. The molecule has 0 saturated heterocycles. The van der Waals surface area contributed by atoms with E-state index in [1.54, 1.807) is 7.05 Å². The first kappa shape index (κ1) is 16.5. The standard InChI is InChI=1S/C16H20N4O3/c1-4-15(22)19(2)10-14(21)18-12-9-17-11-7-5-6-8-13(11)20(3)16(12)23/h4-8,12,17H,1,9-10H2,2-3H3,(H,18,21)/t12-/m0/s1. The lowest BCUT2D eigenvalue weighted by Gasteiger charge is -2.22. The Hall–Kier alpha value is -2.83. The molecule has 23 heavy (non-hydrogen) atoms. The smallest absolute Gasteiger partial charge is 0.251 e. The SMILES string of the molecule is C=CC(=O)N(C)CC(=O)N[C@H]1CNc2ccccc2N(C)C1=O. The minimum Gasteiger partial charge on any atom is -0.381 e. The van der Waals surface area contributed by atoms with Crippen LogP contribution in [0.1, 0.15) is 0 Å². The summed E-state index contributed by atoms with van der Waals surface area (Å²) in [6, 6.07) is 6.73. The van der Waals surface area contributed by atoms with Crippen LogP contribution in [0.15, 0.2) is 36.9 Å². The van der Waals surface area contributed by atoms with E-state index in [1.165, 1.54) is 16.8 Å². The van der Waals surface area contributed by atoms with Crippen LogP contribution in [0.5, 0.6) is 0 Å². The highest BCUT2D eigenvalue weighted by atomic mass is 16.2. The Morgan fingerprint density at radius 1 is 1.48 bits per heavy atom. The Balaban J connectivity index is 2.04. The van der Waals surface area contributed by atoms with Gasteiger partial charge in [-0.1, -0.05) is 18.7 Å². The summed E-state index contributed by atoms with van der Waals surface area (Å²) >= 11 is 0. The summed E-state index contributed by atoms with van der Waals surface area (Å²) < 4.78 is 0. The first-order chi connectivity index (χ1) is 10.9. The van der Waals surface area contributed by atoms with E-state index in [0.717, 1.165) is 17.5 Å². The lowest BCUT2D eigenvalue weighted by Crippen LogP contribution is -2.51. The Bertz CT molecular complexity index is 644. The number of benzene rings is 1. The fourth-order valence-corrected chi connectivity index (χ4v) is 2.37. The van der Waals surface area contributed by atoms with Crippen molar-refractivity contribution in [3.63, 3.8) is 0 Å². The number of hydrogen-bond acceptors (Lipinski definition) is 4. The van der Waals surface area contributed by atoms with Crippen molar-refractivity contribution < 1.29 is 14.4 Å². The number of fused-ring (bicyclic) bond motifs is 1. The van der Waals surface area contributed by atoms with E-state index in [1.807, 2.05) is 24.3 Å². The molecular weight excluding hydrogens is 296 g/mol. The highest BCUT2D eigenvalue weighted by molar-refractivity contribution is 6.03. The van der Waals surface area contributed by atoms with Gasteiger partial charge in [-0.2, -0.15) is 0 Å². The van der Waals surface area contributed by atoms with Gasteiger partial charge in [0.05, 0.1) is 17.9 Å². The summed E-state index contributed by atoms with van der Waals surface area (Å²) in [7, 11) is 3.17. The van der Waals surface area contributed by atoms with Gasteiger partial charge in [-0.3, -0.25) is 14.4 Å². The summed E-state index contributed by atoms with van der Waals surface area (Å²) in [6.07, 6.45) is 1.13. The van der Waals surface area contributed by atoms with Crippen LogP contribution in [-0.2, 0) is 14.4 Å². The van der Waals surface area contributed by atoms with E-state index in [2.05, 4.69) is 17.2 Å². The van der Waals surface area contributed by atoms with Crippen LogP contribution in [0, 0.1) is 0 Å². The Morgan fingerprint density at radius 3 is 2.87 bits per heavy atom. The second kappa shape index (κ2) is 6.95. The summed E-state index contributed by atoms with van der Waals surface area (Å²) in [5, 5.41) is 5.82. The fourth-order valence-electron chi connectivity index (χ4n) is 2.37. The predicted molar refractivity (Wildman–Crippen MR) is 88.1 cm³/mol. The van der Waals surface area contributed by atoms with Crippen LogP contribution in [0.25, 0.3) is 0 Å². The molecule has 0 spiro atoms. The van der Waals surface area contributed by atoms with Crippen LogP contribution in [-0.4, -0.2) is 55.8 Å². The van der Waals surface area contributed by atoms with Gasteiger partial charge in [0.1, 0.15) is 6.04 Å². The zero-order valence-corrected chi connectivity index (χ0v) is 13.2. The summed E-state index contributed by atoms with van der Waals surface area (Å²) in [5.41, 5.74) is 1.59. The number of nitrogens with zero attached hydrogens (tertiary/aromatic N) is 2. The third-order valence-corrected chi connectivity index (χ3v) is 3.66. The van der Waals surface area contributed by atoms with Crippen LogP contribution in [0.3, 0.4) is 0 Å². The molecule has 0 aliphatic carbocycles. The molecule has 1 aliphatic rings. The third-order valence-electron chi connectivity index (χ3n) is 3.66. The van der Waals surface area contributed by atoms with Crippen molar-refractivity contribution in [2.24, 2.45) is 0 Å². The van der Waals surface area contributed by atoms with Crippen LogP contribution in [0.4, 0.5) is 11.4 Å². The van der Waals surface area contributed by atoms with Gasteiger partial charge >= 0.3 is 0 Å². The lowest BCUT2D eigenvalue weighted by molar-refractivity contribution is -0.132. The average molecular weight is 316 g/mol. The van der Waals surface area contributed by atoms with Crippen LogP contribution >= 0.6 is 0 Å². The number of para-hydroxylation sites is 2. The van der Waals surface area contributed by atoms with Crippen molar-refractivity contribution in [2.75, 3.05) is 37.4 Å². The first-order valence-corrected chi connectivity index (χ1v) is 7.21. The van der Waals surface area contributed by atoms with Gasteiger partial charge in [0.25, 0.3) is 5.91 Å². The molecule has 2 rings (SSSR count). The molecule has 0 unspecified atom stereocenters. The molecule has 122 valence electrons. The first-order valence-electron chi connectivity index (χ1n) is 7.21. The lowest BCUT2D eigenvalue weighted by atomic mass is 10.2. The number of nitrogens with one attached hydrogen (secondary N) is 2. The van der Waals surface area contributed by atoms with Gasteiger partial charge in [0, 0.05) is 20.6 Å². The maximum Gasteiger partial charge on any atom is 0.251 e. The van der Waals surface area contributed by atoms with Crippen molar-refractivity contribution in [3.8, 4) is 0 Å². The minimum absolute atomic E-state index is 0.134. The molecule has 1 atom stereocenters. The van der Waals surface area contributed by atoms with Crippen molar-refractivity contribution in [1.82, 2.24) is 10.2 Å². The van der Waals surface area contributed by atoms with E-state index in [-0.39, 0.29) is 24.9 Å². The number of amides is 3. The van der Waals surface area contributed by atoms with E-state index < -0.39 is 11.9 Å². The zero-order chi connectivity index (χ0) is 17.0. The second-order valence-electron chi connectivity index (χ2n) is 5.31. The Kier molecular flexibility index (Phi) is 5.00. The summed E-state index contributed by atoms with van der Waals surface area (Å²) in [5.74, 6) is -0.967. The maximum atomic E-state index is 12.5.